The molecule has 2 rings (SSSR count). The van der Waals surface area contributed by atoms with Gasteiger partial charge in [0.05, 0.1) is 31.7 Å². The van der Waals surface area contributed by atoms with Crippen LogP contribution in [0.1, 0.15) is 19.3 Å². The van der Waals surface area contributed by atoms with Crippen LogP contribution in [-0.4, -0.2) is 31.4 Å². The first-order chi connectivity index (χ1) is 10.1. The predicted molar refractivity (Wildman–Crippen MR) is 77.1 cm³/mol. The van der Waals surface area contributed by atoms with Gasteiger partial charge in [0.2, 0.25) is 11.8 Å². The highest BCUT2D eigenvalue weighted by atomic mass is 19.1. The number of piperidine rings is 1. The van der Waals surface area contributed by atoms with Gasteiger partial charge in [-0.3, -0.25) is 9.59 Å². The molecular weight excluding hydrogens is 273 g/mol. The molecule has 1 aromatic rings. The quantitative estimate of drug-likeness (QED) is 0.711. The summed E-state index contributed by atoms with van der Waals surface area (Å²) in [5.41, 5.74) is 5.50. The van der Waals surface area contributed by atoms with Gasteiger partial charge < -0.3 is 16.0 Å². The molecule has 4 N–H and O–H groups in total. The minimum atomic E-state index is -0.430. The summed E-state index contributed by atoms with van der Waals surface area (Å²) in [6.45, 7) is 2.38. The Bertz CT molecular complexity index is 513. The van der Waals surface area contributed by atoms with Gasteiger partial charge in [-0.2, -0.15) is 0 Å². The van der Waals surface area contributed by atoms with Crippen LogP contribution in [0.15, 0.2) is 24.3 Å². The van der Waals surface area contributed by atoms with Gasteiger partial charge >= 0.3 is 0 Å². The molecule has 6 heteroatoms. The van der Waals surface area contributed by atoms with E-state index in [0.717, 1.165) is 25.9 Å². The lowest BCUT2D eigenvalue weighted by Crippen LogP contribution is -3.13. The molecule has 0 radical (unpaired) electrons. The number of hydrogen-bond acceptors (Lipinski definition) is 2. The molecule has 0 bridgehead atoms. The second-order valence-corrected chi connectivity index (χ2v) is 5.45. The predicted octanol–water partition coefficient (Wildman–Crippen LogP) is -0.0655. The Kier molecular flexibility index (Phi) is 5.27. The van der Waals surface area contributed by atoms with Gasteiger partial charge in [0, 0.05) is 18.8 Å². The second kappa shape index (κ2) is 7.17. The summed E-state index contributed by atoms with van der Waals surface area (Å²) in [4.78, 5) is 24.2. The molecule has 114 valence electrons. The highest BCUT2D eigenvalue weighted by Gasteiger charge is 2.25. The van der Waals surface area contributed by atoms with Crippen LogP contribution >= 0.6 is 0 Å². The fourth-order valence-electron chi connectivity index (χ4n) is 2.63. The number of quaternary nitrogens is 1. The summed E-state index contributed by atoms with van der Waals surface area (Å²) in [6.07, 6.45) is 1.89. The van der Waals surface area contributed by atoms with E-state index in [0.29, 0.717) is 13.0 Å². The SMILES string of the molecule is NC(=O)C1CC[NH+](CCC(=O)Nc2ccccc2F)CC1. The largest absolute Gasteiger partial charge is 0.369 e. The molecule has 0 aromatic heterocycles. The second-order valence-electron chi connectivity index (χ2n) is 5.45. The molecule has 1 aliphatic rings. The first kappa shape index (κ1) is 15.4. The van der Waals surface area contributed by atoms with Crippen LogP contribution in [0.3, 0.4) is 0 Å². The maximum absolute atomic E-state index is 13.4. The molecular formula is C15H21FN3O2+. The van der Waals surface area contributed by atoms with E-state index in [-0.39, 0.29) is 23.4 Å². The summed E-state index contributed by atoms with van der Waals surface area (Å²) >= 11 is 0. The Balaban J connectivity index is 1.73. The zero-order valence-electron chi connectivity index (χ0n) is 11.9. The van der Waals surface area contributed by atoms with Crippen LogP contribution < -0.4 is 16.0 Å². The van der Waals surface area contributed by atoms with Gasteiger partial charge in [-0.25, -0.2) is 4.39 Å². The van der Waals surface area contributed by atoms with Gasteiger partial charge in [0.1, 0.15) is 5.82 Å². The number of carbonyl (C=O) groups is 2. The minimum Gasteiger partial charge on any atom is -0.369 e. The normalized spacial score (nSPS) is 21.8. The van der Waals surface area contributed by atoms with Crippen molar-refractivity contribution in [1.29, 1.82) is 0 Å². The summed E-state index contributed by atoms with van der Waals surface area (Å²) < 4.78 is 13.4. The minimum absolute atomic E-state index is 0.0269. The topological polar surface area (TPSA) is 76.6 Å². The number of likely N-dealkylation sites (tertiary alicyclic amines) is 1. The molecule has 0 aliphatic carbocycles. The Morgan fingerprint density at radius 1 is 1.29 bits per heavy atom. The first-order valence-electron chi connectivity index (χ1n) is 7.23. The standard InChI is InChI=1S/C15H20FN3O2/c16-12-3-1-2-4-13(12)18-14(20)7-10-19-8-5-11(6-9-19)15(17)21/h1-4,11H,5-10H2,(H2,17,21)(H,18,20)/p+1. The number of para-hydroxylation sites is 1. The van der Waals surface area contributed by atoms with Crippen LogP contribution in [0.4, 0.5) is 10.1 Å². The van der Waals surface area contributed by atoms with Crippen LogP contribution in [0.2, 0.25) is 0 Å². The van der Waals surface area contributed by atoms with Gasteiger partial charge in [-0.15, -0.1) is 0 Å². The summed E-state index contributed by atoms with van der Waals surface area (Å²) in [5.74, 6) is -0.877. The number of carbonyl (C=O) groups excluding carboxylic acids is 2. The molecule has 0 unspecified atom stereocenters. The monoisotopic (exact) mass is 294 g/mol. The van der Waals surface area contributed by atoms with E-state index in [4.69, 9.17) is 5.73 Å². The fraction of sp³-hybridized carbons (Fsp3) is 0.467. The van der Waals surface area contributed by atoms with Crippen molar-refractivity contribution >= 4 is 17.5 Å². The Hall–Kier alpha value is -1.95. The van der Waals surface area contributed by atoms with Crippen LogP contribution in [0.5, 0.6) is 0 Å². The van der Waals surface area contributed by atoms with E-state index in [1.807, 2.05) is 0 Å². The lowest BCUT2D eigenvalue weighted by Gasteiger charge is -2.27. The molecule has 0 spiro atoms. The van der Waals surface area contributed by atoms with Crippen molar-refractivity contribution in [3.05, 3.63) is 30.1 Å². The summed E-state index contributed by atoms with van der Waals surface area (Å²) in [7, 11) is 0. The zero-order valence-corrected chi connectivity index (χ0v) is 11.9. The summed E-state index contributed by atoms with van der Waals surface area (Å²) in [5, 5.41) is 2.58. The molecule has 0 atom stereocenters. The number of amides is 2. The van der Waals surface area contributed by atoms with Crippen molar-refractivity contribution in [3.63, 3.8) is 0 Å². The van der Waals surface area contributed by atoms with Gasteiger partial charge in [-0.05, 0) is 12.1 Å². The van der Waals surface area contributed by atoms with Crippen molar-refractivity contribution in [2.24, 2.45) is 11.7 Å². The van der Waals surface area contributed by atoms with Crippen molar-refractivity contribution in [3.8, 4) is 0 Å². The third kappa shape index (κ3) is 4.53. The van der Waals surface area contributed by atoms with Gasteiger partial charge in [-0.1, -0.05) is 12.1 Å². The van der Waals surface area contributed by atoms with E-state index >= 15 is 0 Å². The highest BCUT2D eigenvalue weighted by molar-refractivity contribution is 5.90. The van der Waals surface area contributed by atoms with E-state index in [2.05, 4.69) is 5.32 Å². The van der Waals surface area contributed by atoms with Crippen molar-refractivity contribution in [2.45, 2.75) is 19.3 Å². The van der Waals surface area contributed by atoms with E-state index in [1.54, 1.807) is 18.2 Å². The van der Waals surface area contributed by atoms with Crippen molar-refractivity contribution in [1.82, 2.24) is 0 Å². The van der Waals surface area contributed by atoms with Crippen LogP contribution in [0.25, 0.3) is 0 Å². The molecule has 1 aliphatic heterocycles. The number of nitrogens with one attached hydrogen (secondary N) is 2. The molecule has 2 amide bonds. The van der Waals surface area contributed by atoms with Crippen LogP contribution in [-0.2, 0) is 9.59 Å². The Labute approximate surface area is 123 Å². The Morgan fingerprint density at radius 3 is 2.57 bits per heavy atom. The molecule has 1 fully saturated rings. The number of halogens is 1. The molecule has 1 heterocycles. The number of nitrogens with two attached hydrogens (primary N) is 1. The summed E-state index contributed by atoms with van der Waals surface area (Å²) in [6, 6.07) is 6.12. The maximum atomic E-state index is 13.4. The highest BCUT2D eigenvalue weighted by Crippen LogP contribution is 2.12. The van der Waals surface area contributed by atoms with Gasteiger partial charge in [0.25, 0.3) is 0 Å². The number of anilines is 1. The third-order valence-corrected chi connectivity index (χ3v) is 3.95. The molecule has 21 heavy (non-hydrogen) atoms. The lowest BCUT2D eigenvalue weighted by molar-refractivity contribution is -0.905. The zero-order chi connectivity index (χ0) is 15.2. The Morgan fingerprint density at radius 2 is 1.95 bits per heavy atom. The van der Waals surface area contributed by atoms with E-state index < -0.39 is 5.82 Å². The van der Waals surface area contributed by atoms with Crippen molar-refractivity contribution < 1.29 is 18.9 Å². The van der Waals surface area contributed by atoms with Crippen molar-refractivity contribution in [2.75, 3.05) is 25.0 Å². The third-order valence-electron chi connectivity index (χ3n) is 3.95. The average molecular weight is 294 g/mol. The smallest absolute Gasteiger partial charge is 0.230 e. The molecule has 1 saturated heterocycles. The number of hydrogen-bond donors (Lipinski definition) is 3. The molecule has 1 aromatic carbocycles. The van der Waals surface area contributed by atoms with Crippen LogP contribution in [0, 0.1) is 11.7 Å². The molecule has 5 nitrogen and oxygen atoms in total. The number of benzene rings is 1. The fourth-order valence-corrected chi connectivity index (χ4v) is 2.63. The van der Waals surface area contributed by atoms with Gasteiger partial charge in [0.15, 0.2) is 0 Å². The van der Waals surface area contributed by atoms with E-state index in [9.17, 15) is 14.0 Å². The lowest BCUT2D eigenvalue weighted by atomic mass is 9.96. The number of rotatable bonds is 5. The van der Waals surface area contributed by atoms with E-state index in [1.165, 1.54) is 11.0 Å². The molecule has 0 saturated carbocycles. The number of primary amides is 1. The average Bonchev–Trinajstić information content (AvgIpc) is 2.48. The first-order valence-corrected chi connectivity index (χ1v) is 7.23. The maximum Gasteiger partial charge on any atom is 0.230 e.